The average molecular weight is 266 g/mol. The van der Waals surface area contributed by atoms with Crippen LogP contribution in [0.1, 0.15) is 16.9 Å². The van der Waals surface area contributed by atoms with E-state index in [9.17, 15) is 14.7 Å². The van der Waals surface area contributed by atoms with E-state index in [1.807, 2.05) is 0 Å². The number of pyridine rings is 1. The van der Waals surface area contributed by atoms with Crippen LogP contribution in [0, 0.1) is 0 Å². The molecule has 2 N–H and O–H groups in total. The molecule has 0 saturated heterocycles. The topological polar surface area (TPSA) is 87.5 Å². The molecule has 0 atom stereocenters. The van der Waals surface area contributed by atoms with Gasteiger partial charge in [-0.2, -0.15) is 0 Å². The van der Waals surface area contributed by atoms with Crippen LogP contribution in [0.5, 0.6) is 5.75 Å². The van der Waals surface area contributed by atoms with Crippen LogP contribution in [-0.4, -0.2) is 26.9 Å². The predicted molar refractivity (Wildman–Crippen MR) is 65.0 cm³/mol. The Hall–Kier alpha value is -2.14. The maximum absolute atomic E-state index is 11.6. The summed E-state index contributed by atoms with van der Waals surface area (Å²) >= 11 is 5.89. The average Bonchev–Trinajstić information content (AvgIpc) is 2.33. The molecule has 0 bridgehead atoms. The van der Waals surface area contributed by atoms with E-state index in [-0.39, 0.29) is 16.6 Å². The van der Waals surface area contributed by atoms with E-state index >= 15 is 0 Å². The van der Waals surface area contributed by atoms with E-state index in [0.717, 1.165) is 0 Å². The monoisotopic (exact) mass is 265 g/mol. The molecule has 0 aliphatic heterocycles. The van der Waals surface area contributed by atoms with E-state index in [2.05, 4.69) is 4.98 Å². The van der Waals surface area contributed by atoms with Gasteiger partial charge in [0, 0.05) is 10.8 Å². The van der Waals surface area contributed by atoms with Gasteiger partial charge in [0.2, 0.25) is 0 Å². The van der Waals surface area contributed by atoms with Crippen LogP contribution >= 0.6 is 11.6 Å². The number of ketones is 1. The lowest BCUT2D eigenvalue weighted by atomic mass is 10.1. The molecule has 92 valence electrons. The molecule has 2 rings (SSSR count). The molecule has 0 fully saturated rings. The number of fused-ring (bicyclic) bond motifs is 1. The van der Waals surface area contributed by atoms with E-state index in [0.29, 0.717) is 10.8 Å². The summed E-state index contributed by atoms with van der Waals surface area (Å²) in [4.78, 5) is 25.8. The third kappa shape index (κ3) is 2.12. The van der Waals surface area contributed by atoms with E-state index in [1.165, 1.54) is 0 Å². The number of nitrogens with zero attached hydrogens (tertiary/aromatic N) is 1. The molecule has 1 heterocycles. The van der Waals surface area contributed by atoms with Crippen LogP contribution in [-0.2, 0) is 4.79 Å². The van der Waals surface area contributed by atoms with E-state index < -0.39 is 18.2 Å². The van der Waals surface area contributed by atoms with Gasteiger partial charge in [-0.25, -0.2) is 4.98 Å². The second-order valence-electron chi connectivity index (χ2n) is 3.64. The minimum Gasteiger partial charge on any atom is -0.505 e. The molecule has 18 heavy (non-hydrogen) atoms. The van der Waals surface area contributed by atoms with Gasteiger partial charge in [0.1, 0.15) is 11.6 Å². The molecular weight excluding hydrogens is 258 g/mol. The number of carbonyl (C=O) groups excluding carboxylic acids is 1. The van der Waals surface area contributed by atoms with Crippen molar-refractivity contribution in [2.45, 2.75) is 6.42 Å². The van der Waals surface area contributed by atoms with Gasteiger partial charge >= 0.3 is 5.97 Å². The van der Waals surface area contributed by atoms with Gasteiger partial charge in [0.25, 0.3) is 0 Å². The summed E-state index contributed by atoms with van der Waals surface area (Å²) in [5.74, 6) is -2.42. The fraction of sp³-hybridized carbons (Fsp3) is 0.0833. The number of benzene rings is 1. The van der Waals surface area contributed by atoms with Gasteiger partial charge in [-0.3, -0.25) is 9.59 Å². The first-order valence-corrected chi connectivity index (χ1v) is 5.40. The van der Waals surface area contributed by atoms with Crippen LogP contribution in [0.4, 0.5) is 0 Å². The van der Waals surface area contributed by atoms with Crippen molar-refractivity contribution in [2.75, 3.05) is 0 Å². The minimum absolute atomic E-state index is 0.0529. The number of rotatable bonds is 3. The fourth-order valence-corrected chi connectivity index (χ4v) is 1.87. The first kappa shape index (κ1) is 12.3. The zero-order valence-corrected chi connectivity index (χ0v) is 9.81. The van der Waals surface area contributed by atoms with E-state index in [4.69, 9.17) is 16.7 Å². The molecule has 1 aromatic heterocycles. The van der Waals surface area contributed by atoms with Crippen molar-refractivity contribution in [3.63, 3.8) is 0 Å². The molecule has 0 saturated carbocycles. The van der Waals surface area contributed by atoms with Crippen molar-refractivity contribution in [2.24, 2.45) is 0 Å². The summed E-state index contributed by atoms with van der Waals surface area (Å²) in [5.41, 5.74) is -0.318. The Labute approximate surface area is 107 Å². The molecule has 2 aromatic rings. The van der Waals surface area contributed by atoms with Gasteiger partial charge in [0.15, 0.2) is 17.2 Å². The molecule has 5 nitrogen and oxygen atoms in total. The second-order valence-corrected chi connectivity index (χ2v) is 4.00. The van der Waals surface area contributed by atoms with Gasteiger partial charge in [0.05, 0.1) is 0 Å². The smallest absolute Gasteiger partial charge is 0.311 e. The van der Waals surface area contributed by atoms with Crippen LogP contribution in [0.15, 0.2) is 24.3 Å². The highest BCUT2D eigenvalue weighted by Gasteiger charge is 2.20. The molecule has 0 amide bonds. The summed E-state index contributed by atoms with van der Waals surface area (Å²) in [7, 11) is 0. The first-order valence-electron chi connectivity index (χ1n) is 5.03. The number of hydrogen-bond acceptors (Lipinski definition) is 4. The largest absolute Gasteiger partial charge is 0.505 e. The molecular formula is C12H8ClNO4. The number of hydrogen-bond donors (Lipinski definition) is 2. The van der Waals surface area contributed by atoms with Gasteiger partial charge in [-0.05, 0) is 0 Å². The first-order chi connectivity index (χ1) is 8.50. The van der Waals surface area contributed by atoms with Gasteiger partial charge in [-0.1, -0.05) is 35.9 Å². The maximum Gasteiger partial charge on any atom is 0.311 e. The Balaban J connectivity index is 2.63. The van der Waals surface area contributed by atoms with Gasteiger partial charge in [-0.15, -0.1) is 0 Å². The summed E-state index contributed by atoms with van der Waals surface area (Å²) in [6, 6.07) is 6.61. The number of carbonyl (C=O) groups is 2. The number of carboxylic acids is 1. The zero-order chi connectivity index (χ0) is 13.3. The van der Waals surface area contributed by atoms with Crippen LogP contribution in [0.2, 0.25) is 5.15 Å². The van der Waals surface area contributed by atoms with Crippen molar-refractivity contribution >= 4 is 34.1 Å². The number of halogens is 1. The predicted octanol–water partition coefficient (Wildman–Crippen LogP) is 2.25. The van der Waals surface area contributed by atoms with E-state index in [1.54, 1.807) is 24.3 Å². The van der Waals surface area contributed by atoms with Crippen molar-refractivity contribution in [3.8, 4) is 5.75 Å². The molecule has 0 radical (unpaired) electrons. The van der Waals surface area contributed by atoms with Crippen molar-refractivity contribution < 1.29 is 19.8 Å². The lowest BCUT2D eigenvalue weighted by Crippen LogP contribution is -2.09. The van der Waals surface area contributed by atoms with Gasteiger partial charge < -0.3 is 10.2 Å². The maximum atomic E-state index is 11.6. The SMILES string of the molecule is O=C(O)CC(=O)c1nc(Cl)c2ccccc2c1O. The lowest BCUT2D eigenvalue weighted by Gasteiger charge is -2.07. The molecule has 0 aliphatic carbocycles. The summed E-state index contributed by atoms with van der Waals surface area (Å²) in [5, 5.41) is 19.4. The number of aromatic nitrogens is 1. The molecule has 0 aliphatic rings. The summed E-state index contributed by atoms with van der Waals surface area (Å²) < 4.78 is 0. The van der Waals surface area contributed by atoms with Crippen molar-refractivity contribution in [1.82, 2.24) is 4.98 Å². The number of Topliss-reactive ketones (excluding diaryl/α,β-unsaturated/α-hetero) is 1. The highest BCUT2D eigenvalue weighted by Crippen LogP contribution is 2.32. The third-order valence-electron chi connectivity index (χ3n) is 2.41. The number of aromatic hydroxyl groups is 1. The Morgan fingerprint density at radius 1 is 1.22 bits per heavy atom. The number of aliphatic carboxylic acids is 1. The second kappa shape index (κ2) is 4.62. The molecule has 0 spiro atoms. The standard InChI is InChI=1S/C12H8ClNO4/c13-12-7-4-2-1-3-6(7)11(18)10(14-12)8(15)5-9(16)17/h1-4,18H,5H2,(H,16,17). The van der Waals surface area contributed by atoms with Crippen molar-refractivity contribution in [1.29, 1.82) is 0 Å². The molecule has 0 unspecified atom stereocenters. The van der Waals surface area contributed by atoms with Crippen LogP contribution in [0.25, 0.3) is 10.8 Å². The number of carboxylic acid groups (broad SMARTS) is 1. The zero-order valence-electron chi connectivity index (χ0n) is 9.05. The highest BCUT2D eigenvalue weighted by molar-refractivity contribution is 6.35. The third-order valence-corrected chi connectivity index (χ3v) is 2.70. The normalized spacial score (nSPS) is 10.5. The quantitative estimate of drug-likeness (QED) is 0.505. The Bertz CT molecular complexity index is 654. The highest BCUT2D eigenvalue weighted by atomic mass is 35.5. The van der Waals surface area contributed by atoms with Crippen LogP contribution in [0.3, 0.4) is 0 Å². The minimum atomic E-state index is -1.29. The summed E-state index contributed by atoms with van der Waals surface area (Å²) in [6.07, 6.45) is -0.741. The summed E-state index contributed by atoms with van der Waals surface area (Å²) in [6.45, 7) is 0. The van der Waals surface area contributed by atoms with Crippen molar-refractivity contribution in [3.05, 3.63) is 35.1 Å². The Morgan fingerprint density at radius 3 is 2.44 bits per heavy atom. The Kier molecular flexibility index (Phi) is 3.16. The lowest BCUT2D eigenvalue weighted by molar-refractivity contribution is -0.135. The molecule has 6 heteroatoms. The van der Waals surface area contributed by atoms with Crippen LogP contribution < -0.4 is 0 Å². The molecule has 1 aromatic carbocycles. The Morgan fingerprint density at radius 2 is 1.83 bits per heavy atom. The fourth-order valence-electron chi connectivity index (χ4n) is 1.62.